The summed E-state index contributed by atoms with van der Waals surface area (Å²) >= 11 is 0. The molecule has 0 bridgehead atoms. The van der Waals surface area contributed by atoms with Crippen molar-refractivity contribution >= 4 is 5.96 Å². The molecule has 2 N–H and O–H groups in total. The third-order valence-corrected chi connectivity index (χ3v) is 2.48. The summed E-state index contributed by atoms with van der Waals surface area (Å²) in [6.07, 6.45) is 0. The van der Waals surface area contributed by atoms with Crippen molar-refractivity contribution in [3.8, 4) is 0 Å². The van der Waals surface area contributed by atoms with Crippen LogP contribution in [0.15, 0.2) is 35.3 Å². The fraction of sp³-hybridized carbons (Fsp3) is 0.417. The standard InChI is InChI=1S/C12H17N3O/c1-16-9-11-8-14-12(15-11)13-7-10-5-3-2-4-6-10/h2-6,11H,7-9H2,1H3,(H2,13,14,15). The van der Waals surface area contributed by atoms with E-state index < -0.39 is 0 Å². The van der Waals surface area contributed by atoms with E-state index in [0.29, 0.717) is 12.6 Å². The van der Waals surface area contributed by atoms with Crippen LogP contribution in [0.1, 0.15) is 5.56 Å². The summed E-state index contributed by atoms with van der Waals surface area (Å²) in [4.78, 5) is 4.37. The van der Waals surface area contributed by atoms with E-state index in [-0.39, 0.29) is 0 Å². The number of methoxy groups -OCH3 is 1. The highest BCUT2D eigenvalue weighted by Gasteiger charge is 2.16. The van der Waals surface area contributed by atoms with Crippen LogP contribution in [-0.4, -0.2) is 32.3 Å². The average Bonchev–Trinajstić information content (AvgIpc) is 2.76. The monoisotopic (exact) mass is 219 g/mol. The van der Waals surface area contributed by atoms with E-state index in [1.807, 2.05) is 18.2 Å². The Balaban J connectivity index is 1.76. The minimum atomic E-state index is 0.309. The largest absolute Gasteiger partial charge is 0.382 e. The number of rotatable bonds is 4. The van der Waals surface area contributed by atoms with Gasteiger partial charge in [-0.05, 0) is 5.56 Å². The summed E-state index contributed by atoms with van der Waals surface area (Å²) in [5.41, 5.74) is 1.25. The molecule has 4 nitrogen and oxygen atoms in total. The van der Waals surface area contributed by atoms with Gasteiger partial charge in [0.25, 0.3) is 0 Å². The summed E-state index contributed by atoms with van der Waals surface area (Å²) < 4.78 is 5.07. The topological polar surface area (TPSA) is 45.6 Å². The van der Waals surface area contributed by atoms with E-state index >= 15 is 0 Å². The molecule has 0 spiro atoms. The maximum absolute atomic E-state index is 5.07. The zero-order chi connectivity index (χ0) is 11.2. The van der Waals surface area contributed by atoms with Crippen molar-refractivity contribution in [2.45, 2.75) is 12.6 Å². The number of hydrogen-bond donors (Lipinski definition) is 2. The minimum absolute atomic E-state index is 0.309. The lowest BCUT2D eigenvalue weighted by molar-refractivity contribution is 0.179. The van der Waals surface area contributed by atoms with Crippen molar-refractivity contribution in [2.75, 3.05) is 20.3 Å². The third-order valence-electron chi connectivity index (χ3n) is 2.48. The Morgan fingerprint density at radius 2 is 2.25 bits per heavy atom. The van der Waals surface area contributed by atoms with Crippen LogP contribution in [0.4, 0.5) is 0 Å². The molecule has 1 aliphatic heterocycles. The Morgan fingerprint density at radius 3 is 3.00 bits per heavy atom. The first-order valence-corrected chi connectivity index (χ1v) is 5.46. The summed E-state index contributed by atoms with van der Waals surface area (Å²) in [6.45, 7) is 2.28. The van der Waals surface area contributed by atoms with Crippen molar-refractivity contribution in [3.05, 3.63) is 35.9 Å². The Labute approximate surface area is 95.7 Å². The molecule has 0 radical (unpaired) electrons. The number of aliphatic imine (C=N–C) groups is 1. The molecule has 0 amide bonds. The van der Waals surface area contributed by atoms with Crippen molar-refractivity contribution in [1.82, 2.24) is 10.6 Å². The molecule has 0 saturated heterocycles. The normalized spacial score (nSPS) is 19.1. The molecule has 1 aromatic rings. The number of nitrogens with one attached hydrogen (secondary N) is 2. The second-order valence-corrected chi connectivity index (χ2v) is 3.83. The van der Waals surface area contributed by atoms with Crippen LogP contribution >= 0.6 is 0 Å². The summed E-state index contributed by atoms with van der Waals surface area (Å²) in [7, 11) is 1.71. The summed E-state index contributed by atoms with van der Waals surface area (Å²) in [5, 5.41) is 6.55. The van der Waals surface area contributed by atoms with Gasteiger partial charge in [0.05, 0.1) is 19.2 Å². The lowest BCUT2D eigenvalue weighted by atomic mass is 10.2. The lowest BCUT2D eigenvalue weighted by Gasteiger charge is -2.11. The minimum Gasteiger partial charge on any atom is -0.382 e. The number of benzene rings is 1. The van der Waals surface area contributed by atoms with Crippen LogP contribution in [-0.2, 0) is 11.3 Å². The zero-order valence-electron chi connectivity index (χ0n) is 9.44. The average molecular weight is 219 g/mol. The second-order valence-electron chi connectivity index (χ2n) is 3.83. The Hall–Kier alpha value is -1.55. The highest BCUT2D eigenvalue weighted by Crippen LogP contribution is 1.99. The van der Waals surface area contributed by atoms with Crippen LogP contribution < -0.4 is 10.6 Å². The van der Waals surface area contributed by atoms with Crippen LogP contribution in [0, 0.1) is 0 Å². The van der Waals surface area contributed by atoms with E-state index in [2.05, 4.69) is 27.8 Å². The molecule has 0 fully saturated rings. The van der Waals surface area contributed by atoms with Gasteiger partial charge < -0.3 is 15.4 Å². The molecule has 0 aliphatic carbocycles. The fourth-order valence-electron chi connectivity index (χ4n) is 1.67. The SMILES string of the molecule is COCC1CN=C(NCc2ccccc2)N1. The first kappa shape index (κ1) is 11.0. The van der Waals surface area contributed by atoms with Gasteiger partial charge in [-0.2, -0.15) is 0 Å². The van der Waals surface area contributed by atoms with Gasteiger partial charge in [-0.1, -0.05) is 30.3 Å². The second kappa shape index (κ2) is 5.51. The molecule has 4 heteroatoms. The number of guanidine groups is 1. The molecular weight excluding hydrogens is 202 g/mol. The van der Waals surface area contributed by atoms with Crippen molar-refractivity contribution < 1.29 is 4.74 Å². The Kier molecular flexibility index (Phi) is 3.77. The maximum atomic E-state index is 5.07. The Bertz CT molecular complexity index is 351. The first-order chi connectivity index (χ1) is 7.88. The molecule has 1 aliphatic rings. The van der Waals surface area contributed by atoms with Crippen molar-refractivity contribution in [3.63, 3.8) is 0 Å². The van der Waals surface area contributed by atoms with Crippen LogP contribution in [0.2, 0.25) is 0 Å². The van der Waals surface area contributed by atoms with Crippen LogP contribution in [0.25, 0.3) is 0 Å². The number of hydrogen-bond acceptors (Lipinski definition) is 4. The van der Waals surface area contributed by atoms with Gasteiger partial charge in [-0.3, -0.25) is 4.99 Å². The fourth-order valence-corrected chi connectivity index (χ4v) is 1.67. The van der Waals surface area contributed by atoms with E-state index in [1.54, 1.807) is 7.11 Å². The molecule has 1 atom stereocenters. The smallest absolute Gasteiger partial charge is 0.191 e. The predicted molar refractivity (Wildman–Crippen MR) is 64.4 cm³/mol. The van der Waals surface area contributed by atoms with E-state index in [9.17, 15) is 0 Å². The quantitative estimate of drug-likeness (QED) is 0.785. The predicted octanol–water partition coefficient (Wildman–Crippen LogP) is 0.750. The molecule has 0 aromatic heterocycles. The van der Waals surface area contributed by atoms with Gasteiger partial charge in [-0.15, -0.1) is 0 Å². The molecule has 1 heterocycles. The van der Waals surface area contributed by atoms with Gasteiger partial charge in [0.2, 0.25) is 0 Å². The van der Waals surface area contributed by atoms with Gasteiger partial charge >= 0.3 is 0 Å². The number of ether oxygens (including phenoxy) is 1. The van der Waals surface area contributed by atoms with Crippen LogP contribution in [0.5, 0.6) is 0 Å². The van der Waals surface area contributed by atoms with E-state index in [1.165, 1.54) is 5.56 Å². The van der Waals surface area contributed by atoms with Gasteiger partial charge in [-0.25, -0.2) is 0 Å². The van der Waals surface area contributed by atoms with E-state index in [0.717, 1.165) is 19.0 Å². The summed E-state index contributed by atoms with van der Waals surface area (Å²) in [6, 6.07) is 10.6. The van der Waals surface area contributed by atoms with Crippen molar-refractivity contribution in [2.24, 2.45) is 4.99 Å². The van der Waals surface area contributed by atoms with Gasteiger partial charge in [0, 0.05) is 13.7 Å². The molecule has 1 unspecified atom stereocenters. The van der Waals surface area contributed by atoms with Crippen molar-refractivity contribution in [1.29, 1.82) is 0 Å². The highest BCUT2D eigenvalue weighted by molar-refractivity contribution is 5.81. The first-order valence-electron chi connectivity index (χ1n) is 5.46. The lowest BCUT2D eigenvalue weighted by Crippen LogP contribution is -2.40. The number of nitrogens with zero attached hydrogens (tertiary/aromatic N) is 1. The molecule has 0 saturated carbocycles. The summed E-state index contributed by atoms with van der Waals surface area (Å²) in [5.74, 6) is 0.867. The van der Waals surface area contributed by atoms with Crippen LogP contribution in [0.3, 0.4) is 0 Å². The molecule has 86 valence electrons. The zero-order valence-corrected chi connectivity index (χ0v) is 9.44. The van der Waals surface area contributed by atoms with Gasteiger partial charge in [0.1, 0.15) is 0 Å². The molecule has 16 heavy (non-hydrogen) atoms. The Morgan fingerprint density at radius 1 is 1.44 bits per heavy atom. The van der Waals surface area contributed by atoms with Gasteiger partial charge in [0.15, 0.2) is 5.96 Å². The van der Waals surface area contributed by atoms with E-state index in [4.69, 9.17) is 4.74 Å². The maximum Gasteiger partial charge on any atom is 0.191 e. The molecular formula is C12H17N3O. The highest BCUT2D eigenvalue weighted by atomic mass is 16.5. The molecule has 2 rings (SSSR count). The molecule has 1 aromatic carbocycles. The third kappa shape index (κ3) is 2.97.